The third-order valence-electron chi connectivity index (χ3n) is 4.47. The summed E-state index contributed by atoms with van der Waals surface area (Å²) in [6.07, 6.45) is 0. The molecule has 2 amide bonds. The topological polar surface area (TPSA) is 113 Å². The number of hydrogen-bond donors (Lipinski definition) is 2. The van der Waals surface area contributed by atoms with Crippen molar-refractivity contribution in [1.82, 2.24) is 9.21 Å². The number of benzene rings is 1. The lowest BCUT2D eigenvalue weighted by Crippen LogP contribution is -2.58. The molecule has 2 heterocycles. The molecule has 150 valence electrons. The van der Waals surface area contributed by atoms with Crippen LogP contribution in [0, 0.1) is 5.82 Å². The van der Waals surface area contributed by atoms with Crippen molar-refractivity contribution in [2.75, 3.05) is 32.5 Å². The first-order chi connectivity index (χ1) is 13.1. The highest BCUT2D eigenvalue weighted by molar-refractivity contribution is 7.91. The van der Waals surface area contributed by atoms with E-state index in [0.717, 1.165) is 12.1 Å². The van der Waals surface area contributed by atoms with Crippen molar-refractivity contribution in [3.05, 3.63) is 47.3 Å². The summed E-state index contributed by atoms with van der Waals surface area (Å²) < 4.78 is 40.5. The van der Waals surface area contributed by atoms with Gasteiger partial charge in [-0.05, 0) is 32.3 Å². The quantitative estimate of drug-likeness (QED) is 0.720. The molecule has 3 rings (SSSR count). The summed E-state index contributed by atoms with van der Waals surface area (Å²) >= 11 is 0.712. The monoisotopic (exact) mass is 426 g/mol. The zero-order valence-corrected chi connectivity index (χ0v) is 16.8. The number of nitrogens with zero attached hydrogens (tertiary/aromatic N) is 2. The maximum Gasteiger partial charge on any atom is 0.259 e. The average Bonchev–Trinajstić information content (AvgIpc) is 2.98. The Kier molecular flexibility index (Phi) is 5.53. The molecule has 28 heavy (non-hydrogen) atoms. The Morgan fingerprint density at radius 2 is 1.89 bits per heavy atom. The predicted molar refractivity (Wildman–Crippen MR) is 103 cm³/mol. The van der Waals surface area contributed by atoms with Gasteiger partial charge in [0.2, 0.25) is 0 Å². The van der Waals surface area contributed by atoms with Crippen molar-refractivity contribution >= 4 is 38.2 Å². The molecule has 0 saturated carbocycles. The molecule has 0 bridgehead atoms. The summed E-state index contributed by atoms with van der Waals surface area (Å²) in [5.41, 5.74) is 4.96. The maximum atomic E-state index is 13.8. The van der Waals surface area contributed by atoms with Gasteiger partial charge < -0.3 is 16.0 Å². The van der Waals surface area contributed by atoms with Crippen molar-refractivity contribution in [3.63, 3.8) is 0 Å². The number of rotatable bonds is 6. The van der Waals surface area contributed by atoms with Crippen LogP contribution < -0.4 is 11.1 Å². The van der Waals surface area contributed by atoms with Gasteiger partial charge in [0.15, 0.2) is 0 Å². The third-order valence-corrected chi connectivity index (χ3v) is 7.80. The van der Waals surface area contributed by atoms with Crippen LogP contribution in [0.3, 0.4) is 0 Å². The number of thiophene rings is 1. The van der Waals surface area contributed by atoms with Crippen molar-refractivity contribution in [1.29, 1.82) is 0 Å². The highest BCUT2D eigenvalue weighted by Crippen LogP contribution is 2.35. The Morgan fingerprint density at radius 3 is 2.46 bits per heavy atom. The fourth-order valence-electron chi connectivity index (χ4n) is 2.65. The van der Waals surface area contributed by atoms with E-state index >= 15 is 0 Å². The fraction of sp³-hybridized carbons (Fsp3) is 0.294. The summed E-state index contributed by atoms with van der Waals surface area (Å²) in [7, 11) is -0.0956. The molecule has 2 aromatic rings. The van der Waals surface area contributed by atoms with E-state index in [1.165, 1.54) is 22.5 Å². The number of halogens is 1. The molecule has 0 spiro atoms. The smallest absolute Gasteiger partial charge is 0.259 e. The van der Waals surface area contributed by atoms with Crippen LogP contribution in [0.4, 0.5) is 9.39 Å². The van der Waals surface area contributed by atoms with E-state index < -0.39 is 27.7 Å². The molecule has 1 saturated heterocycles. The zero-order valence-electron chi connectivity index (χ0n) is 15.2. The van der Waals surface area contributed by atoms with Crippen LogP contribution in [0.5, 0.6) is 0 Å². The zero-order chi connectivity index (χ0) is 20.6. The van der Waals surface area contributed by atoms with E-state index in [-0.39, 0.29) is 26.4 Å². The molecule has 1 fully saturated rings. The maximum absolute atomic E-state index is 13.8. The van der Waals surface area contributed by atoms with Gasteiger partial charge in [0.25, 0.3) is 21.8 Å². The summed E-state index contributed by atoms with van der Waals surface area (Å²) in [5, 5.41) is 2.35. The van der Waals surface area contributed by atoms with Gasteiger partial charge in [-0.2, -0.15) is 4.31 Å². The van der Waals surface area contributed by atoms with Crippen LogP contribution >= 0.6 is 11.3 Å². The van der Waals surface area contributed by atoms with E-state index in [4.69, 9.17) is 5.73 Å². The number of sulfonamides is 1. The summed E-state index contributed by atoms with van der Waals surface area (Å²) in [6, 6.07) is 6.58. The molecule has 1 aliphatic rings. The van der Waals surface area contributed by atoms with Gasteiger partial charge in [-0.1, -0.05) is 12.1 Å². The molecule has 1 aliphatic heterocycles. The van der Waals surface area contributed by atoms with Crippen LogP contribution in [0.1, 0.15) is 20.7 Å². The molecule has 0 unspecified atom stereocenters. The molecular formula is C17H19FN4O4S2. The molecular weight excluding hydrogens is 407 g/mol. The minimum atomic E-state index is -3.82. The van der Waals surface area contributed by atoms with E-state index in [0.29, 0.717) is 24.4 Å². The summed E-state index contributed by atoms with van der Waals surface area (Å²) in [6.45, 7) is 0.659. The van der Waals surface area contributed by atoms with Gasteiger partial charge in [0.05, 0.1) is 11.1 Å². The third kappa shape index (κ3) is 3.78. The fourth-order valence-corrected chi connectivity index (χ4v) is 5.69. The first kappa shape index (κ1) is 20.4. The van der Waals surface area contributed by atoms with Crippen molar-refractivity contribution in [2.45, 2.75) is 10.3 Å². The molecule has 1 aromatic carbocycles. The van der Waals surface area contributed by atoms with Gasteiger partial charge in [0.1, 0.15) is 15.0 Å². The second kappa shape index (κ2) is 7.59. The number of primary amides is 1. The molecule has 3 N–H and O–H groups in total. The standard InChI is InChI=1S/C17H19FN4O4S2/c1-21(2)10-8-22(9-10)28(25,26)14-7-12(15(19)23)17(27-14)20-16(24)11-5-3-4-6-13(11)18/h3-7,10H,8-9H2,1-2H3,(H2,19,23)(H,20,24). The van der Waals surface area contributed by atoms with Crippen molar-refractivity contribution < 1.29 is 22.4 Å². The number of anilines is 1. The lowest BCUT2D eigenvalue weighted by molar-refractivity contribution is 0.100. The highest BCUT2D eigenvalue weighted by Gasteiger charge is 2.39. The number of nitrogens with one attached hydrogen (secondary N) is 1. The van der Waals surface area contributed by atoms with Crippen LogP contribution in [0.25, 0.3) is 0 Å². The molecule has 0 aliphatic carbocycles. The number of hydrogen-bond acceptors (Lipinski definition) is 6. The average molecular weight is 426 g/mol. The Morgan fingerprint density at radius 1 is 1.25 bits per heavy atom. The van der Waals surface area contributed by atoms with Crippen LogP contribution in [-0.4, -0.2) is 62.7 Å². The molecule has 8 nitrogen and oxygen atoms in total. The Hall–Kier alpha value is -2.34. The SMILES string of the molecule is CN(C)C1CN(S(=O)(=O)c2cc(C(N)=O)c(NC(=O)c3ccccc3F)s2)C1. The van der Waals surface area contributed by atoms with E-state index in [2.05, 4.69) is 5.32 Å². The minimum Gasteiger partial charge on any atom is -0.366 e. The second-order valence-corrected chi connectivity index (χ2v) is 9.76. The summed E-state index contributed by atoms with van der Waals surface area (Å²) in [4.78, 5) is 26.0. The van der Waals surface area contributed by atoms with Gasteiger partial charge in [-0.15, -0.1) is 11.3 Å². The minimum absolute atomic E-state index is 0.0380. The van der Waals surface area contributed by atoms with E-state index in [1.807, 2.05) is 19.0 Å². The molecule has 0 radical (unpaired) electrons. The number of likely N-dealkylation sites (N-methyl/N-ethyl adjacent to an activating group) is 1. The van der Waals surface area contributed by atoms with E-state index in [1.54, 1.807) is 0 Å². The van der Waals surface area contributed by atoms with Crippen LogP contribution in [0.2, 0.25) is 0 Å². The normalized spacial score (nSPS) is 15.4. The Bertz CT molecular complexity index is 1030. The molecule has 11 heteroatoms. The molecule has 1 aromatic heterocycles. The van der Waals surface area contributed by atoms with Crippen LogP contribution in [0.15, 0.2) is 34.5 Å². The first-order valence-corrected chi connectivity index (χ1v) is 10.5. The highest BCUT2D eigenvalue weighted by atomic mass is 32.2. The predicted octanol–water partition coefficient (Wildman–Crippen LogP) is 1.17. The summed E-state index contributed by atoms with van der Waals surface area (Å²) in [5.74, 6) is -2.43. The number of amides is 2. The van der Waals surface area contributed by atoms with Gasteiger partial charge in [-0.3, -0.25) is 9.59 Å². The number of carbonyl (C=O) groups excluding carboxylic acids is 2. The molecule has 0 atom stereocenters. The second-order valence-electron chi connectivity index (χ2n) is 6.55. The van der Waals surface area contributed by atoms with Gasteiger partial charge in [0, 0.05) is 19.1 Å². The lowest BCUT2D eigenvalue weighted by Gasteiger charge is -2.41. The first-order valence-electron chi connectivity index (χ1n) is 8.27. The van der Waals surface area contributed by atoms with Gasteiger partial charge >= 0.3 is 0 Å². The Balaban J connectivity index is 1.87. The van der Waals surface area contributed by atoms with Crippen molar-refractivity contribution in [3.8, 4) is 0 Å². The van der Waals surface area contributed by atoms with Crippen molar-refractivity contribution in [2.24, 2.45) is 5.73 Å². The van der Waals surface area contributed by atoms with Gasteiger partial charge in [-0.25, -0.2) is 12.8 Å². The van der Waals surface area contributed by atoms with Crippen LogP contribution in [-0.2, 0) is 10.0 Å². The largest absolute Gasteiger partial charge is 0.366 e. The lowest BCUT2D eigenvalue weighted by atomic mass is 10.2. The number of nitrogens with two attached hydrogens (primary N) is 1. The van der Waals surface area contributed by atoms with E-state index in [9.17, 15) is 22.4 Å². The Labute approximate surface area is 165 Å². The number of carbonyl (C=O) groups is 2.